The number of pyridine rings is 2. The number of halogens is 3. The van der Waals surface area contributed by atoms with Crippen molar-refractivity contribution in [2.45, 2.75) is 44.8 Å². The van der Waals surface area contributed by atoms with Crippen LogP contribution in [0.25, 0.3) is 0 Å². The van der Waals surface area contributed by atoms with Crippen molar-refractivity contribution in [2.24, 2.45) is 5.92 Å². The van der Waals surface area contributed by atoms with Crippen LogP contribution in [0.5, 0.6) is 5.88 Å². The molecule has 0 bridgehead atoms. The molecule has 1 aliphatic rings. The Bertz CT molecular complexity index is 896. The van der Waals surface area contributed by atoms with Gasteiger partial charge in [-0.15, -0.1) is 0 Å². The van der Waals surface area contributed by atoms with Gasteiger partial charge in [-0.3, -0.25) is 14.6 Å². The number of hydrogen-bond acceptors (Lipinski definition) is 5. The molecule has 6 nitrogen and oxygen atoms in total. The Kier molecular flexibility index (Phi) is 6.69. The van der Waals surface area contributed by atoms with Crippen LogP contribution in [0.4, 0.5) is 13.2 Å². The Morgan fingerprint density at radius 1 is 1.23 bits per heavy atom. The molecule has 0 radical (unpaired) electrons. The number of Topliss-reactive ketones (excluding diaryl/α,β-unsaturated/α-hetero) is 1. The summed E-state index contributed by atoms with van der Waals surface area (Å²) in [6.07, 6.45) is -0.307. The molecule has 2 heterocycles. The van der Waals surface area contributed by atoms with E-state index >= 15 is 0 Å². The topological polar surface area (TPSA) is 81.2 Å². The molecule has 3 rings (SSSR count). The Balaban J connectivity index is 1.54. The van der Waals surface area contributed by atoms with E-state index in [2.05, 4.69) is 15.3 Å². The van der Waals surface area contributed by atoms with E-state index in [9.17, 15) is 22.8 Å². The van der Waals surface area contributed by atoms with Gasteiger partial charge in [0.15, 0.2) is 0 Å². The smallest absolute Gasteiger partial charge is 0.392 e. The predicted molar refractivity (Wildman–Crippen MR) is 102 cm³/mol. The lowest BCUT2D eigenvalue weighted by Crippen LogP contribution is -2.27. The number of nitrogens with one attached hydrogen (secondary N) is 1. The molecule has 0 aliphatic heterocycles. The lowest BCUT2D eigenvalue weighted by molar-refractivity contribution is -0.139. The summed E-state index contributed by atoms with van der Waals surface area (Å²) >= 11 is 0. The third kappa shape index (κ3) is 6.53. The second kappa shape index (κ2) is 9.23. The zero-order chi connectivity index (χ0) is 21.7. The average molecular weight is 421 g/mol. The molecule has 2 aromatic heterocycles. The lowest BCUT2D eigenvalue weighted by atomic mass is 10.1. The number of carbonyl (C=O) groups is 2. The van der Waals surface area contributed by atoms with E-state index < -0.39 is 19.2 Å². The molecule has 160 valence electrons. The summed E-state index contributed by atoms with van der Waals surface area (Å²) in [6.45, 7) is 1.26. The summed E-state index contributed by atoms with van der Waals surface area (Å²) in [5.74, 6) is 0.0467. The van der Waals surface area contributed by atoms with Crippen molar-refractivity contribution < 1.29 is 27.5 Å². The number of nitrogens with zero attached hydrogens (tertiary/aromatic N) is 2. The Morgan fingerprint density at radius 3 is 2.63 bits per heavy atom. The molecule has 1 saturated carbocycles. The van der Waals surface area contributed by atoms with Crippen LogP contribution in [0.3, 0.4) is 0 Å². The third-order valence-corrected chi connectivity index (χ3v) is 4.71. The maximum atomic E-state index is 12.5. The SMILES string of the molecule is CC(NC(=O)c1ccnc(CC(=O)C2CC2)c1)c1ccc(OCCC(F)(F)F)nc1. The molecule has 1 fully saturated rings. The van der Waals surface area contributed by atoms with Crippen LogP contribution >= 0.6 is 0 Å². The number of amides is 1. The number of rotatable bonds is 9. The number of aromatic nitrogens is 2. The fraction of sp³-hybridized carbons (Fsp3) is 0.429. The van der Waals surface area contributed by atoms with Crippen molar-refractivity contribution in [3.05, 3.63) is 53.5 Å². The molecular formula is C21H22F3N3O3. The third-order valence-electron chi connectivity index (χ3n) is 4.71. The van der Waals surface area contributed by atoms with Gasteiger partial charge in [0.05, 0.1) is 19.1 Å². The summed E-state index contributed by atoms with van der Waals surface area (Å²) in [5.41, 5.74) is 1.63. The summed E-state index contributed by atoms with van der Waals surface area (Å²) in [5, 5.41) is 2.83. The van der Waals surface area contributed by atoms with Crippen molar-refractivity contribution in [1.82, 2.24) is 15.3 Å². The molecule has 9 heteroatoms. The molecule has 0 spiro atoms. The molecular weight excluding hydrogens is 399 g/mol. The fourth-order valence-electron chi connectivity index (χ4n) is 2.81. The fourth-order valence-corrected chi connectivity index (χ4v) is 2.81. The van der Waals surface area contributed by atoms with Gasteiger partial charge in [0.25, 0.3) is 5.91 Å². The van der Waals surface area contributed by atoms with Gasteiger partial charge < -0.3 is 10.1 Å². The monoisotopic (exact) mass is 421 g/mol. The maximum Gasteiger partial charge on any atom is 0.392 e. The van der Waals surface area contributed by atoms with E-state index in [1.54, 1.807) is 25.1 Å². The first-order valence-corrected chi connectivity index (χ1v) is 9.65. The highest BCUT2D eigenvalue weighted by atomic mass is 19.4. The molecule has 30 heavy (non-hydrogen) atoms. The van der Waals surface area contributed by atoms with Crippen molar-refractivity contribution in [3.63, 3.8) is 0 Å². The van der Waals surface area contributed by atoms with Crippen molar-refractivity contribution in [3.8, 4) is 5.88 Å². The first-order chi connectivity index (χ1) is 14.2. The summed E-state index contributed by atoms with van der Waals surface area (Å²) in [7, 11) is 0. The molecule has 1 amide bonds. The minimum Gasteiger partial charge on any atom is -0.477 e. The number of carbonyl (C=O) groups excluding carboxylic acids is 2. The Hall–Kier alpha value is -2.97. The van der Waals surface area contributed by atoms with Crippen molar-refractivity contribution in [1.29, 1.82) is 0 Å². The van der Waals surface area contributed by atoms with Crippen LogP contribution in [0.1, 0.15) is 53.8 Å². The highest BCUT2D eigenvalue weighted by Gasteiger charge is 2.29. The highest BCUT2D eigenvalue weighted by molar-refractivity contribution is 5.94. The van der Waals surface area contributed by atoms with E-state index in [1.807, 2.05) is 0 Å². The molecule has 1 atom stereocenters. The number of hydrogen-bond donors (Lipinski definition) is 1. The van der Waals surface area contributed by atoms with E-state index in [0.717, 1.165) is 12.8 Å². The highest BCUT2D eigenvalue weighted by Crippen LogP contribution is 2.30. The molecule has 2 aromatic rings. The first kappa shape index (κ1) is 21.7. The van der Waals surface area contributed by atoms with Gasteiger partial charge in [0, 0.05) is 42.1 Å². The van der Waals surface area contributed by atoms with Gasteiger partial charge in [0.2, 0.25) is 5.88 Å². The average Bonchev–Trinajstić information content (AvgIpc) is 3.53. The van der Waals surface area contributed by atoms with Gasteiger partial charge in [-0.1, -0.05) is 6.07 Å². The molecule has 1 N–H and O–H groups in total. The van der Waals surface area contributed by atoms with E-state index in [0.29, 0.717) is 16.8 Å². The Morgan fingerprint density at radius 2 is 2.00 bits per heavy atom. The zero-order valence-corrected chi connectivity index (χ0v) is 16.4. The molecule has 1 unspecified atom stereocenters. The van der Waals surface area contributed by atoms with Gasteiger partial charge in [-0.2, -0.15) is 13.2 Å². The van der Waals surface area contributed by atoms with Crippen LogP contribution < -0.4 is 10.1 Å². The van der Waals surface area contributed by atoms with Gasteiger partial charge >= 0.3 is 6.18 Å². The van der Waals surface area contributed by atoms with Gasteiger partial charge in [-0.25, -0.2) is 4.98 Å². The maximum absolute atomic E-state index is 12.5. The number of alkyl halides is 3. The quantitative estimate of drug-likeness (QED) is 0.666. The summed E-state index contributed by atoms with van der Waals surface area (Å²) in [4.78, 5) is 32.6. The van der Waals surface area contributed by atoms with Crippen LogP contribution in [0, 0.1) is 5.92 Å². The second-order valence-electron chi connectivity index (χ2n) is 7.29. The minimum atomic E-state index is -4.28. The predicted octanol–water partition coefficient (Wildman–Crippen LogP) is 3.82. The standard InChI is InChI=1S/C21H22F3N3O3/c1-13(16-4-5-19(26-12-16)30-9-7-21(22,23)24)27-20(29)15-6-8-25-17(10-15)11-18(28)14-2-3-14/h4-6,8,10,12-14H,2-3,7,9,11H2,1H3,(H,27,29). The largest absolute Gasteiger partial charge is 0.477 e. The van der Waals surface area contributed by atoms with E-state index in [4.69, 9.17) is 4.74 Å². The van der Waals surface area contributed by atoms with E-state index in [-0.39, 0.29) is 36.0 Å². The van der Waals surface area contributed by atoms with Crippen molar-refractivity contribution in [2.75, 3.05) is 6.61 Å². The van der Waals surface area contributed by atoms with Gasteiger partial charge in [-0.05, 0) is 37.5 Å². The number of ether oxygens (including phenoxy) is 1. The van der Waals surface area contributed by atoms with Crippen LogP contribution in [-0.2, 0) is 11.2 Å². The molecule has 0 aromatic carbocycles. The minimum absolute atomic E-state index is 0.0839. The first-order valence-electron chi connectivity index (χ1n) is 9.65. The summed E-state index contributed by atoms with van der Waals surface area (Å²) in [6, 6.07) is 5.88. The lowest BCUT2D eigenvalue weighted by Gasteiger charge is -2.15. The zero-order valence-electron chi connectivity index (χ0n) is 16.4. The summed E-state index contributed by atoms with van der Waals surface area (Å²) < 4.78 is 41.4. The van der Waals surface area contributed by atoms with E-state index in [1.165, 1.54) is 18.5 Å². The number of ketones is 1. The molecule has 1 aliphatic carbocycles. The van der Waals surface area contributed by atoms with Crippen LogP contribution in [0.2, 0.25) is 0 Å². The second-order valence-corrected chi connectivity index (χ2v) is 7.29. The van der Waals surface area contributed by atoms with Crippen LogP contribution in [-0.4, -0.2) is 34.4 Å². The van der Waals surface area contributed by atoms with Gasteiger partial charge in [0.1, 0.15) is 5.78 Å². The Labute approximate surface area is 171 Å². The van der Waals surface area contributed by atoms with Crippen molar-refractivity contribution >= 4 is 11.7 Å². The normalized spacial score (nSPS) is 14.8. The molecule has 0 saturated heterocycles. The van der Waals surface area contributed by atoms with Crippen LogP contribution in [0.15, 0.2) is 36.7 Å².